The summed E-state index contributed by atoms with van der Waals surface area (Å²) in [5, 5.41) is 5.68. The van der Waals surface area contributed by atoms with Crippen molar-refractivity contribution in [3.8, 4) is 0 Å². The van der Waals surface area contributed by atoms with Crippen molar-refractivity contribution in [3.05, 3.63) is 94.5 Å². The van der Waals surface area contributed by atoms with Gasteiger partial charge in [-0.15, -0.1) is 0 Å². The minimum atomic E-state index is -3.52. The minimum Gasteiger partial charge on any atom is -0.352 e. The molecule has 0 saturated heterocycles. The molecule has 7 nitrogen and oxygen atoms in total. The Balaban J connectivity index is 1.72. The monoisotopic (exact) mass is 471 g/mol. The first-order chi connectivity index (χ1) is 15.2. The summed E-state index contributed by atoms with van der Waals surface area (Å²) in [7, 11) is -3.52. The summed E-state index contributed by atoms with van der Waals surface area (Å²) in [6.45, 7) is 0.441. The lowest BCUT2D eigenvalue weighted by Crippen LogP contribution is -2.27. The largest absolute Gasteiger partial charge is 0.352 e. The smallest absolute Gasteiger partial charge is 0.257 e. The Morgan fingerprint density at radius 1 is 0.875 bits per heavy atom. The SMILES string of the molecule is CS(=O)(=O)Nc1ccc(Cl)c(C(=O)Nc2ccccc2C(=O)NCCc2ccccc2)c1. The Kier molecular flexibility index (Phi) is 7.50. The topological polar surface area (TPSA) is 104 Å². The number of halogens is 1. The van der Waals surface area contributed by atoms with E-state index in [1.54, 1.807) is 24.3 Å². The van der Waals surface area contributed by atoms with E-state index in [0.29, 0.717) is 24.2 Å². The summed E-state index contributed by atoms with van der Waals surface area (Å²) in [6.07, 6.45) is 1.69. The van der Waals surface area contributed by atoms with Crippen LogP contribution in [0.3, 0.4) is 0 Å². The first kappa shape index (κ1) is 23.3. The molecule has 2 amide bonds. The van der Waals surface area contributed by atoms with Crippen LogP contribution in [-0.2, 0) is 16.4 Å². The fourth-order valence-corrected chi connectivity index (χ4v) is 3.78. The highest BCUT2D eigenvalue weighted by Crippen LogP contribution is 2.23. The number of nitrogens with one attached hydrogen (secondary N) is 3. The van der Waals surface area contributed by atoms with Crippen molar-refractivity contribution in [2.24, 2.45) is 0 Å². The minimum absolute atomic E-state index is 0.0691. The Morgan fingerprint density at radius 2 is 1.56 bits per heavy atom. The molecule has 0 unspecified atom stereocenters. The van der Waals surface area contributed by atoms with Crippen LogP contribution in [0.2, 0.25) is 5.02 Å². The second kappa shape index (κ2) is 10.3. The van der Waals surface area contributed by atoms with E-state index in [0.717, 1.165) is 11.8 Å². The van der Waals surface area contributed by atoms with Gasteiger partial charge in [-0.1, -0.05) is 54.1 Å². The Labute approximate surface area is 191 Å². The Hall–Kier alpha value is -3.36. The fraction of sp³-hybridized carbons (Fsp3) is 0.130. The van der Waals surface area contributed by atoms with Crippen LogP contribution in [-0.4, -0.2) is 33.0 Å². The molecule has 0 bridgehead atoms. The maximum Gasteiger partial charge on any atom is 0.257 e. The van der Waals surface area contributed by atoms with Gasteiger partial charge in [-0.05, 0) is 42.3 Å². The van der Waals surface area contributed by atoms with E-state index in [4.69, 9.17) is 11.6 Å². The molecule has 0 heterocycles. The molecule has 0 aliphatic heterocycles. The fourth-order valence-electron chi connectivity index (χ4n) is 3.02. The van der Waals surface area contributed by atoms with Gasteiger partial charge in [0.15, 0.2) is 0 Å². The zero-order valence-electron chi connectivity index (χ0n) is 17.3. The van der Waals surface area contributed by atoms with E-state index >= 15 is 0 Å². The van der Waals surface area contributed by atoms with Gasteiger partial charge in [-0.3, -0.25) is 14.3 Å². The van der Waals surface area contributed by atoms with Crippen molar-refractivity contribution < 1.29 is 18.0 Å². The number of carbonyl (C=O) groups excluding carboxylic acids is 2. The summed E-state index contributed by atoms with van der Waals surface area (Å²) in [5.74, 6) is -0.896. The molecule has 3 rings (SSSR count). The number of rotatable bonds is 8. The average Bonchev–Trinajstić information content (AvgIpc) is 2.75. The maximum atomic E-state index is 12.8. The number of anilines is 2. The highest BCUT2D eigenvalue weighted by molar-refractivity contribution is 7.92. The van der Waals surface area contributed by atoms with Crippen LogP contribution in [0.1, 0.15) is 26.3 Å². The van der Waals surface area contributed by atoms with E-state index < -0.39 is 15.9 Å². The Bertz CT molecular complexity index is 1230. The molecular formula is C23H22ClN3O4S. The number of para-hydroxylation sites is 1. The van der Waals surface area contributed by atoms with E-state index in [1.165, 1.54) is 18.2 Å². The third-order valence-electron chi connectivity index (χ3n) is 4.48. The highest BCUT2D eigenvalue weighted by atomic mass is 35.5. The predicted octanol–water partition coefficient (Wildman–Crippen LogP) is 3.94. The highest BCUT2D eigenvalue weighted by Gasteiger charge is 2.17. The number of hydrogen-bond acceptors (Lipinski definition) is 4. The average molecular weight is 472 g/mol. The van der Waals surface area contributed by atoms with Crippen molar-refractivity contribution in [2.75, 3.05) is 22.8 Å². The number of hydrogen-bond donors (Lipinski definition) is 3. The lowest BCUT2D eigenvalue weighted by molar-refractivity contribution is 0.0955. The number of sulfonamides is 1. The summed E-state index contributed by atoms with van der Waals surface area (Å²) in [4.78, 5) is 25.5. The molecule has 0 saturated carbocycles. The second-order valence-corrected chi connectivity index (χ2v) is 9.22. The third-order valence-corrected chi connectivity index (χ3v) is 5.41. The van der Waals surface area contributed by atoms with Crippen LogP contribution in [0.4, 0.5) is 11.4 Å². The zero-order chi connectivity index (χ0) is 23.1. The number of benzene rings is 3. The van der Waals surface area contributed by atoms with Gasteiger partial charge < -0.3 is 10.6 Å². The molecule has 32 heavy (non-hydrogen) atoms. The molecule has 3 N–H and O–H groups in total. The van der Waals surface area contributed by atoms with Crippen LogP contribution in [0.15, 0.2) is 72.8 Å². The second-order valence-electron chi connectivity index (χ2n) is 7.06. The van der Waals surface area contributed by atoms with Crippen LogP contribution < -0.4 is 15.4 Å². The zero-order valence-corrected chi connectivity index (χ0v) is 18.8. The predicted molar refractivity (Wildman–Crippen MR) is 127 cm³/mol. The van der Waals surface area contributed by atoms with Gasteiger partial charge in [0, 0.05) is 12.2 Å². The van der Waals surface area contributed by atoms with Gasteiger partial charge in [-0.2, -0.15) is 0 Å². The third kappa shape index (κ3) is 6.57. The molecule has 0 aliphatic rings. The maximum absolute atomic E-state index is 12.8. The molecule has 3 aromatic rings. The van der Waals surface area contributed by atoms with Crippen molar-refractivity contribution in [3.63, 3.8) is 0 Å². The lowest BCUT2D eigenvalue weighted by Gasteiger charge is -2.13. The molecule has 0 spiro atoms. The van der Waals surface area contributed by atoms with Gasteiger partial charge in [0.1, 0.15) is 0 Å². The van der Waals surface area contributed by atoms with E-state index in [9.17, 15) is 18.0 Å². The van der Waals surface area contributed by atoms with Gasteiger partial charge in [0.2, 0.25) is 10.0 Å². The Morgan fingerprint density at radius 3 is 2.28 bits per heavy atom. The van der Waals surface area contributed by atoms with E-state index in [-0.39, 0.29) is 22.2 Å². The summed E-state index contributed by atoms with van der Waals surface area (Å²) in [6, 6.07) is 20.6. The molecule has 3 aromatic carbocycles. The summed E-state index contributed by atoms with van der Waals surface area (Å²) >= 11 is 6.14. The van der Waals surface area contributed by atoms with Crippen LogP contribution >= 0.6 is 11.6 Å². The van der Waals surface area contributed by atoms with Crippen molar-refractivity contribution >= 4 is 44.8 Å². The lowest BCUT2D eigenvalue weighted by atomic mass is 10.1. The van der Waals surface area contributed by atoms with Crippen LogP contribution in [0.5, 0.6) is 0 Å². The standard InChI is InChI=1S/C23H22ClN3O4S/c1-32(30,31)27-17-11-12-20(24)19(15-17)23(29)26-21-10-6-5-9-18(21)22(28)25-14-13-16-7-3-2-4-8-16/h2-12,15,27H,13-14H2,1H3,(H,25,28)(H,26,29). The molecule has 0 aromatic heterocycles. The molecule has 9 heteroatoms. The van der Waals surface area contributed by atoms with Crippen molar-refractivity contribution in [2.45, 2.75) is 6.42 Å². The normalized spacial score (nSPS) is 10.9. The molecule has 0 atom stereocenters. The van der Waals surface area contributed by atoms with Gasteiger partial charge >= 0.3 is 0 Å². The first-order valence-corrected chi connectivity index (χ1v) is 12.0. The quantitative estimate of drug-likeness (QED) is 0.463. The summed E-state index contributed by atoms with van der Waals surface area (Å²) in [5.41, 5.74) is 1.99. The van der Waals surface area contributed by atoms with Gasteiger partial charge in [0.05, 0.1) is 28.1 Å². The van der Waals surface area contributed by atoms with Crippen LogP contribution in [0.25, 0.3) is 0 Å². The van der Waals surface area contributed by atoms with Crippen molar-refractivity contribution in [1.82, 2.24) is 5.32 Å². The van der Waals surface area contributed by atoms with E-state index in [1.807, 2.05) is 30.3 Å². The first-order valence-electron chi connectivity index (χ1n) is 9.73. The number of carbonyl (C=O) groups is 2. The van der Waals surface area contributed by atoms with Gasteiger partial charge in [0.25, 0.3) is 11.8 Å². The number of amides is 2. The van der Waals surface area contributed by atoms with Crippen molar-refractivity contribution in [1.29, 1.82) is 0 Å². The molecule has 166 valence electrons. The van der Waals surface area contributed by atoms with Crippen LogP contribution in [0, 0.1) is 0 Å². The molecular weight excluding hydrogens is 450 g/mol. The van der Waals surface area contributed by atoms with E-state index in [2.05, 4.69) is 15.4 Å². The molecule has 0 aliphatic carbocycles. The van der Waals surface area contributed by atoms with Gasteiger partial charge in [-0.25, -0.2) is 8.42 Å². The molecule has 0 radical (unpaired) electrons. The molecule has 0 fully saturated rings. The summed E-state index contributed by atoms with van der Waals surface area (Å²) < 4.78 is 25.2.